The summed E-state index contributed by atoms with van der Waals surface area (Å²) in [5.74, 6) is 0. The van der Waals surface area contributed by atoms with Gasteiger partial charge in [0, 0.05) is 28.5 Å². The molecular weight excluding hydrogens is 342 g/mol. The average Bonchev–Trinajstić information content (AvgIpc) is 3.21. The number of nitrogens with one attached hydrogen (secondary N) is 2. The highest BCUT2D eigenvalue weighted by atomic mass is 32.1. The maximum atomic E-state index is 12.6. The number of hydrogen-bond acceptors (Lipinski definition) is 2. The van der Waals surface area contributed by atoms with E-state index in [1.807, 2.05) is 63.5 Å². The first-order chi connectivity index (χ1) is 12.4. The van der Waals surface area contributed by atoms with E-state index in [2.05, 4.69) is 29.0 Å². The number of nitrogens with zero attached hydrogens (tertiary/aromatic N) is 1. The molecule has 2 N–H and O–H groups in total. The van der Waals surface area contributed by atoms with Crippen LogP contribution < -0.4 is 10.6 Å². The van der Waals surface area contributed by atoms with E-state index in [9.17, 15) is 4.79 Å². The zero-order valence-corrected chi connectivity index (χ0v) is 16.7. The summed E-state index contributed by atoms with van der Waals surface area (Å²) in [4.78, 5) is 13.8. The van der Waals surface area contributed by atoms with E-state index >= 15 is 0 Å². The summed E-state index contributed by atoms with van der Waals surface area (Å²) in [5, 5.41) is 7.23. The molecule has 0 radical (unpaired) electrons. The standard InChI is InChI=1S/C21H25N3OS/c1-13-9-8-10-18(14(13)2)23-21(25)22-16(4)19-15(3)17(5)26-20(19)24-11-6-7-12-24/h6-12,16H,1-5H3,(H2,22,23,25). The Hall–Kier alpha value is -2.53. The maximum absolute atomic E-state index is 12.6. The SMILES string of the molecule is Cc1cccc(NC(=O)NC(C)c2c(-n3cccc3)sc(C)c2C)c1C. The van der Waals surface area contributed by atoms with Crippen molar-refractivity contribution in [1.82, 2.24) is 9.88 Å². The molecule has 5 heteroatoms. The predicted octanol–water partition coefficient (Wildman–Crippen LogP) is 5.66. The molecule has 0 fully saturated rings. The number of thiophene rings is 1. The largest absolute Gasteiger partial charge is 0.331 e. The van der Waals surface area contributed by atoms with Crippen molar-refractivity contribution in [1.29, 1.82) is 0 Å². The number of urea groups is 1. The number of amides is 2. The van der Waals surface area contributed by atoms with E-state index in [-0.39, 0.29) is 12.1 Å². The highest BCUT2D eigenvalue weighted by Crippen LogP contribution is 2.35. The summed E-state index contributed by atoms with van der Waals surface area (Å²) < 4.78 is 2.11. The summed E-state index contributed by atoms with van der Waals surface area (Å²) >= 11 is 1.75. The minimum Gasteiger partial charge on any atom is -0.331 e. The van der Waals surface area contributed by atoms with E-state index in [1.165, 1.54) is 16.0 Å². The fourth-order valence-electron chi connectivity index (χ4n) is 3.11. The Morgan fingerprint density at radius 3 is 2.42 bits per heavy atom. The van der Waals surface area contributed by atoms with Gasteiger partial charge in [0.15, 0.2) is 0 Å². The number of aryl methyl sites for hydroxylation is 2. The third-order valence-corrected chi connectivity index (χ3v) is 6.12. The molecule has 2 amide bonds. The first kappa shape index (κ1) is 18.3. The molecule has 3 rings (SSSR count). The maximum Gasteiger partial charge on any atom is 0.319 e. The van der Waals surface area contributed by atoms with Crippen LogP contribution in [0.3, 0.4) is 0 Å². The molecule has 136 valence electrons. The molecule has 3 aromatic rings. The summed E-state index contributed by atoms with van der Waals surface area (Å²) in [6.07, 6.45) is 4.08. The average molecular weight is 368 g/mol. The second kappa shape index (κ2) is 7.38. The van der Waals surface area contributed by atoms with Crippen molar-refractivity contribution in [2.45, 2.75) is 40.7 Å². The minimum atomic E-state index is -0.187. The first-order valence-corrected chi connectivity index (χ1v) is 9.57. The summed E-state index contributed by atoms with van der Waals surface area (Å²) in [5.41, 5.74) is 5.50. The van der Waals surface area contributed by atoms with Crippen LogP contribution in [0, 0.1) is 27.7 Å². The van der Waals surface area contributed by atoms with E-state index < -0.39 is 0 Å². The minimum absolute atomic E-state index is 0.0949. The van der Waals surface area contributed by atoms with Crippen LogP contribution in [0.5, 0.6) is 0 Å². The van der Waals surface area contributed by atoms with Gasteiger partial charge in [0.2, 0.25) is 0 Å². The monoisotopic (exact) mass is 367 g/mol. The fourth-order valence-corrected chi connectivity index (χ4v) is 4.33. The molecule has 0 saturated carbocycles. The number of rotatable bonds is 4. The van der Waals surface area contributed by atoms with Crippen molar-refractivity contribution in [3.05, 3.63) is 69.9 Å². The number of carbonyl (C=O) groups excluding carboxylic acids is 1. The van der Waals surface area contributed by atoms with Gasteiger partial charge in [-0.25, -0.2) is 4.79 Å². The predicted molar refractivity (Wildman–Crippen MR) is 110 cm³/mol. The van der Waals surface area contributed by atoms with Crippen molar-refractivity contribution >= 4 is 23.1 Å². The Bertz CT molecular complexity index is 925. The van der Waals surface area contributed by atoms with Gasteiger partial charge < -0.3 is 15.2 Å². The van der Waals surface area contributed by atoms with E-state index in [0.717, 1.165) is 21.8 Å². The zero-order valence-electron chi connectivity index (χ0n) is 15.9. The van der Waals surface area contributed by atoms with Crippen molar-refractivity contribution in [3.8, 4) is 5.00 Å². The van der Waals surface area contributed by atoms with E-state index in [1.54, 1.807) is 11.3 Å². The molecular formula is C21H25N3OS. The van der Waals surface area contributed by atoms with Gasteiger partial charge in [0.1, 0.15) is 5.00 Å². The Labute approximate surface area is 158 Å². The van der Waals surface area contributed by atoms with E-state index in [0.29, 0.717) is 0 Å². The number of benzene rings is 1. The Morgan fingerprint density at radius 2 is 1.73 bits per heavy atom. The molecule has 26 heavy (non-hydrogen) atoms. The van der Waals surface area contributed by atoms with Gasteiger partial charge in [0.05, 0.1) is 6.04 Å². The van der Waals surface area contributed by atoms with Crippen LogP contribution in [0.2, 0.25) is 0 Å². The van der Waals surface area contributed by atoms with Gasteiger partial charge in [-0.1, -0.05) is 12.1 Å². The number of anilines is 1. The lowest BCUT2D eigenvalue weighted by molar-refractivity contribution is 0.249. The lowest BCUT2D eigenvalue weighted by Crippen LogP contribution is -2.32. The molecule has 2 heterocycles. The highest BCUT2D eigenvalue weighted by molar-refractivity contribution is 7.14. The van der Waals surface area contributed by atoms with Gasteiger partial charge >= 0.3 is 6.03 Å². The van der Waals surface area contributed by atoms with Crippen LogP contribution in [-0.2, 0) is 0 Å². The lowest BCUT2D eigenvalue weighted by Gasteiger charge is -2.18. The van der Waals surface area contributed by atoms with Crippen LogP contribution in [0.1, 0.15) is 40.1 Å². The van der Waals surface area contributed by atoms with Crippen molar-refractivity contribution < 1.29 is 4.79 Å². The van der Waals surface area contributed by atoms with Crippen LogP contribution >= 0.6 is 11.3 Å². The van der Waals surface area contributed by atoms with Crippen LogP contribution in [0.15, 0.2) is 42.7 Å². The van der Waals surface area contributed by atoms with Gasteiger partial charge in [-0.2, -0.15) is 0 Å². The summed E-state index contributed by atoms with van der Waals surface area (Å²) in [7, 11) is 0. The molecule has 0 aliphatic carbocycles. The second-order valence-electron chi connectivity index (χ2n) is 6.66. The summed E-state index contributed by atoms with van der Waals surface area (Å²) in [6, 6.07) is 9.67. The van der Waals surface area contributed by atoms with Crippen molar-refractivity contribution in [2.75, 3.05) is 5.32 Å². The Balaban J connectivity index is 1.81. The molecule has 1 unspecified atom stereocenters. The molecule has 1 aromatic carbocycles. The molecule has 4 nitrogen and oxygen atoms in total. The normalized spacial score (nSPS) is 12.0. The summed E-state index contributed by atoms with van der Waals surface area (Å²) in [6.45, 7) is 10.3. The number of aromatic nitrogens is 1. The first-order valence-electron chi connectivity index (χ1n) is 8.75. The Morgan fingerprint density at radius 1 is 1.04 bits per heavy atom. The highest BCUT2D eigenvalue weighted by Gasteiger charge is 2.21. The molecule has 0 saturated heterocycles. The van der Waals surface area contributed by atoms with Crippen molar-refractivity contribution in [2.24, 2.45) is 0 Å². The molecule has 1 atom stereocenters. The van der Waals surface area contributed by atoms with E-state index in [4.69, 9.17) is 0 Å². The zero-order chi connectivity index (χ0) is 18.8. The van der Waals surface area contributed by atoms with Crippen LogP contribution in [-0.4, -0.2) is 10.6 Å². The number of carbonyl (C=O) groups is 1. The number of hydrogen-bond donors (Lipinski definition) is 2. The fraction of sp³-hybridized carbons (Fsp3) is 0.286. The molecule has 2 aromatic heterocycles. The third kappa shape index (κ3) is 3.53. The van der Waals surface area contributed by atoms with Crippen LogP contribution in [0.4, 0.5) is 10.5 Å². The van der Waals surface area contributed by atoms with Crippen molar-refractivity contribution in [3.63, 3.8) is 0 Å². The lowest BCUT2D eigenvalue weighted by atomic mass is 10.1. The molecule has 0 bridgehead atoms. The van der Waals surface area contributed by atoms with Gasteiger partial charge in [-0.15, -0.1) is 11.3 Å². The van der Waals surface area contributed by atoms with Gasteiger partial charge in [-0.05, 0) is 69.5 Å². The third-order valence-electron chi connectivity index (χ3n) is 4.88. The van der Waals surface area contributed by atoms with Crippen LogP contribution in [0.25, 0.3) is 5.00 Å². The van der Waals surface area contributed by atoms with Gasteiger partial charge in [0.25, 0.3) is 0 Å². The Kier molecular flexibility index (Phi) is 5.18. The topological polar surface area (TPSA) is 46.1 Å². The van der Waals surface area contributed by atoms with Gasteiger partial charge in [-0.3, -0.25) is 0 Å². The second-order valence-corrected chi connectivity index (χ2v) is 7.86. The molecule has 0 spiro atoms. The molecule has 0 aliphatic heterocycles. The smallest absolute Gasteiger partial charge is 0.319 e. The quantitative estimate of drug-likeness (QED) is 0.614. The molecule has 0 aliphatic rings.